The average molecular weight is 258 g/mol. The molecular weight excluding hydrogens is 246 g/mol. The summed E-state index contributed by atoms with van der Waals surface area (Å²) >= 11 is 5.94. The fourth-order valence-corrected chi connectivity index (χ4v) is 2.02. The zero-order valence-corrected chi connectivity index (χ0v) is 10.4. The molecule has 1 N–H and O–H groups in total. The molecule has 0 radical (unpaired) electrons. The summed E-state index contributed by atoms with van der Waals surface area (Å²) in [5.41, 5.74) is 2.98. The second-order valence-corrected chi connectivity index (χ2v) is 4.50. The lowest BCUT2D eigenvalue weighted by Crippen LogP contribution is -1.98. The zero-order valence-electron chi connectivity index (χ0n) is 9.68. The van der Waals surface area contributed by atoms with Crippen LogP contribution in [-0.2, 0) is 6.54 Å². The average Bonchev–Trinajstić information content (AvgIpc) is 2.79. The number of rotatable bonds is 3. The molecule has 2 heterocycles. The summed E-state index contributed by atoms with van der Waals surface area (Å²) < 4.78 is 1.93. The fraction of sp³-hybridized carbons (Fsp3) is 0.0714. The van der Waals surface area contributed by atoms with Crippen molar-refractivity contribution in [2.75, 3.05) is 5.32 Å². The summed E-state index contributed by atoms with van der Waals surface area (Å²) in [7, 11) is 0. The van der Waals surface area contributed by atoms with E-state index in [0.29, 0.717) is 11.6 Å². The largest absolute Gasteiger partial charge is 0.379 e. The van der Waals surface area contributed by atoms with Crippen LogP contribution in [0.15, 0.2) is 54.9 Å². The third kappa shape index (κ3) is 2.31. The Balaban J connectivity index is 1.79. The number of para-hydroxylation sites is 1. The quantitative estimate of drug-likeness (QED) is 0.777. The Hall–Kier alpha value is -2.00. The maximum absolute atomic E-state index is 5.94. The van der Waals surface area contributed by atoms with E-state index in [9.17, 15) is 0 Å². The number of nitrogens with zero attached hydrogens (tertiary/aromatic N) is 2. The molecular formula is C14H12ClN3. The molecule has 0 saturated carbocycles. The lowest BCUT2D eigenvalue weighted by atomic mass is 10.3. The second kappa shape index (κ2) is 4.70. The van der Waals surface area contributed by atoms with Crippen molar-refractivity contribution in [3.8, 4) is 0 Å². The van der Waals surface area contributed by atoms with Crippen molar-refractivity contribution in [2.24, 2.45) is 0 Å². The van der Waals surface area contributed by atoms with E-state index in [1.165, 1.54) is 0 Å². The van der Waals surface area contributed by atoms with Gasteiger partial charge < -0.3 is 9.72 Å². The highest BCUT2D eigenvalue weighted by molar-refractivity contribution is 6.30. The number of hydrogen-bond donors (Lipinski definition) is 1. The van der Waals surface area contributed by atoms with Crippen molar-refractivity contribution in [3.63, 3.8) is 0 Å². The molecule has 3 nitrogen and oxygen atoms in total. The first kappa shape index (κ1) is 11.1. The van der Waals surface area contributed by atoms with Crippen molar-refractivity contribution < 1.29 is 0 Å². The van der Waals surface area contributed by atoms with Crippen LogP contribution in [0.4, 0.5) is 5.69 Å². The first-order valence-corrected chi connectivity index (χ1v) is 6.11. The van der Waals surface area contributed by atoms with Crippen molar-refractivity contribution in [3.05, 3.63) is 65.6 Å². The van der Waals surface area contributed by atoms with E-state index in [-0.39, 0.29) is 0 Å². The first-order valence-electron chi connectivity index (χ1n) is 5.73. The van der Waals surface area contributed by atoms with Gasteiger partial charge in [-0.2, -0.15) is 0 Å². The third-order valence-corrected chi connectivity index (χ3v) is 2.94. The van der Waals surface area contributed by atoms with E-state index in [1.807, 2.05) is 59.3 Å². The van der Waals surface area contributed by atoms with Gasteiger partial charge >= 0.3 is 0 Å². The molecule has 3 rings (SSSR count). The van der Waals surface area contributed by atoms with Crippen LogP contribution >= 0.6 is 11.6 Å². The number of anilines is 1. The normalized spacial score (nSPS) is 10.7. The molecule has 0 fully saturated rings. The zero-order chi connectivity index (χ0) is 12.4. The number of aromatic nitrogens is 2. The Morgan fingerprint density at radius 1 is 1.06 bits per heavy atom. The van der Waals surface area contributed by atoms with Gasteiger partial charge in [0.05, 0.1) is 17.3 Å². The van der Waals surface area contributed by atoms with Crippen LogP contribution in [0.25, 0.3) is 5.65 Å². The van der Waals surface area contributed by atoms with Crippen LogP contribution in [0.5, 0.6) is 0 Å². The van der Waals surface area contributed by atoms with Gasteiger partial charge in [-0.05, 0) is 24.3 Å². The Morgan fingerprint density at radius 3 is 2.72 bits per heavy atom. The molecule has 0 atom stereocenters. The van der Waals surface area contributed by atoms with E-state index in [0.717, 1.165) is 17.0 Å². The van der Waals surface area contributed by atoms with Crippen molar-refractivity contribution in [1.82, 2.24) is 9.38 Å². The van der Waals surface area contributed by atoms with Gasteiger partial charge in [0, 0.05) is 18.1 Å². The van der Waals surface area contributed by atoms with E-state index in [2.05, 4.69) is 10.3 Å². The maximum Gasteiger partial charge on any atom is 0.137 e. The molecule has 0 aliphatic rings. The predicted octanol–water partition coefficient (Wildman–Crippen LogP) is 3.60. The van der Waals surface area contributed by atoms with Crippen LogP contribution in [0, 0.1) is 0 Å². The molecule has 4 heteroatoms. The molecule has 0 aliphatic carbocycles. The maximum atomic E-state index is 5.94. The highest BCUT2D eigenvalue weighted by Crippen LogP contribution is 2.13. The van der Waals surface area contributed by atoms with Gasteiger partial charge in [0.15, 0.2) is 0 Å². The highest BCUT2D eigenvalue weighted by atomic mass is 35.5. The van der Waals surface area contributed by atoms with Crippen molar-refractivity contribution in [1.29, 1.82) is 0 Å². The smallest absolute Gasteiger partial charge is 0.137 e. The standard InChI is InChI=1S/C14H12ClN3/c15-11-6-7-14-17-13(10-18(14)9-11)8-16-12-4-2-1-3-5-12/h1-7,9-10,16H,8H2. The molecule has 1 aromatic carbocycles. The molecule has 0 aliphatic heterocycles. The number of nitrogens with one attached hydrogen (secondary N) is 1. The van der Waals surface area contributed by atoms with Crippen LogP contribution in [0.2, 0.25) is 5.02 Å². The van der Waals surface area contributed by atoms with Gasteiger partial charge in [0.1, 0.15) is 5.65 Å². The Kier molecular flexibility index (Phi) is 2.90. The fourth-order valence-electron chi connectivity index (χ4n) is 1.85. The first-order chi connectivity index (χ1) is 8.81. The third-order valence-electron chi connectivity index (χ3n) is 2.71. The Morgan fingerprint density at radius 2 is 1.89 bits per heavy atom. The molecule has 90 valence electrons. The number of halogens is 1. The molecule has 18 heavy (non-hydrogen) atoms. The van der Waals surface area contributed by atoms with Gasteiger partial charge in [0.2, 0.25) is 0 Å². The second-order valence-electron chi connectivity index (χ2n) is 4.06. The lowest BCUT2D eigenvalue weighted by molar-refractivity contribution is 1.08. The number of imidazole rings is 1. The van der Waals surface area contributed by atoms with Crippen LogP contribution in [-0.4, -0.2) is 9.38 Å². The summed E-state index contributed by atoms with van der Waals surface area (Å²) in [6, 6.07) is 13.8. The van der Waals surface area contributed by atoms with Crippen LogP contribution in [0.1, 0.15) is 5.69 Å². The number of pyridine rings is 1. The summed E-state index contributed by atoms with van der Waals surface area (Å²) in [5, 5.41) is 4.04. The Bertz CT molecular complexity index is 661. The molecule has 3 aromatic rings. The SMILES string of the molecule is Clc1ccc2nc(CNc3ccccc3)cn2c1. The van der Waals surface area contributed by atoms with E-state index < -0.39 is 0 Å². The molecule has 0 spiro atoms. The van der Waals surface area contributed by atoms with E-state index in [4.69, 9.17) is 11.6 Å². The molecule has 0 saturated heterocycles. The van der Waals surface area contributed by atoms with Crippen molar-refractivity contribution in [2.45, 2.75) is 6.54 Å². The number of fused-ring (bicyclic) bond motifs is 1. The lowest BCUT2D eigenvalue weighted by Gasteiger charge is -2.02. The topological polar surface area (TPSA) is 29.3 Å². The van der Waals surface area contributed by atoms with E-state index >= 15 is 0 Å². The van der Waals surface area contributed by atoms with Crippen molar-refractivity contribution >= 4 is 22.9 Å². The minimum atomic E-state index is 0.698. The highest BCUT2D eigenvalue weighted by Gasteiger charge is 2.01. The van der Waals surface area contributed by atoms with E-state index in [1.54, 1.807) is 0 Å². The van der Waals surface area contributed by atoms with Crippen LogP contribution in [0.3, 0.4) is 0 Å². The molecule has 0 bridgehead atoms. The molecule has 0 unspecified atom stereocenters. The minimum absolute atomic E-state index is 0.698. The summed E-state index contributed by atoms with van der Waals surface area (Å²) in [4.78, 5) is 4.51. The summed E-state index contributed by atoms with van der Waals surface area (Å²) in [5.74, 6) is 0. The summed E-state index contributed by atoms with van der Waals surface area (Å²) in [6.45, 7) is 0.698. The minimum Gasteiger partial charge on any atom is -0.379 e. The van der Waals surface area contributed by atoms with Gasteiger partial charge in [0.25, 0.3) is 0 Å². The monoisotopic (exact) mass is 257 g/mol. The van der Waals surface area contributed by atoms with Gasteiger partial charge in [-0.25, -0.2) is 4.98 Å². The number of benzene rings is 1. The van der Waals surface area contributed by atoms with Gasteiger partial charge in [-0.1, -0.05) is 29.8 Å². The number of hydrogen-bond acceptors (Lipinski definition) is 2. The predicted molar refractivity (Wildman–Crippen MR) is 74.0 cm³/mol. The van der Waals surface area contributed by atoms with Crippen LogP contribution < -0.4 is 5.32 Å². The van der Waals surface area contributed by atoms with Gasteiger partial charge in [-0.3, -0.25) is 0 Å². The summed E-state index contributed by atoms with van der Waals surface area (Å²) in [6.07, 6.45) is 3.84. The van der Waals surface area contributed by atoms with Gasteiger partial charge in [-0.15, -0.1) is 0 Å². The molecule has 0 amide bonds. The Labute approximate surface area is 110 Å². The molecule has 2 aromatic heterocycles.